The van der Waals surface area contributed by atoms with Crippen LogP contribution in [-0.4, -0.2) is 54.4 Å². The third-order valence-corrected chi connectivity index (χ3v) is 3.69. The Labute approximate surface area is 139 Å². The molecule has 1 aliphatic heterocycles. The first kappa shape index (κ1) is 18.4. The molecule has 0 bridgehead atoms. The van der Waals surface area contributed by atoms with Crippen molar-refractivity contribution >= 4 is 5.96 Å². The quantitative estimate of drug-likeness (QED) is 0.565. The van der Waals surface area contributed by atoms with Crippen molar-refractivity contribution in [1.82, 2.24) is 15.5 Å². The van der Waals surface area contributed by atoms with Crippen molar-refractivity contribution in [2.75, 3.05) is 26.2 Å². The molecule has 24 heavy (non-hydrogen) atoms. The Bertz CT molecular complexity index is 562. The van der Waals surface area contributed by atoms with Crippen molar-refractivity contribution in [3.8, 4) is 5.75 Å². The Kier molecular flexibility index (Phi) is 6.30. The van der Waals surface area contributed by atoms with Gasteiger partial charge < -0.3 is 15.7 Å². The molecule has 1 saturated heterocycles. The third kappa shape index (κ3) is 6.27. The van der Waals surface area contributed by atoms with Gasteiger partial charge in [-0.15, -0.1) is 0 Å². The molecule has 0 aromatic heterocycles. The average Bonchev–Trinajstić information content (AvgIpc) is 2.90. The molecule has 5 nitrogen and oxygen atoms in total. The van der Waals surface area contributed by atoms with E-state index >= 15 is 0 Å². The van der Waals surface area contributed by atoms with Crippen molar-refractivity contribution in [2.24, 2.45) is 4.99 Å². The van der Waals surface area contributed by atoms with Crippen LogP contribution in [0.15, 0.2) is 29.3 Å². The van der Waals surface area contributed by atoms with Crippen LogP contribution in [0.5, 0.6) is 5.75 Å². The van der Waals surface area contributed by atoms with Gasteiger partial charge in [0.2, 0.25) is 0 Å². The summed E-state index contributed by atoms with van der Waals surface area (Å²) in [7, 11) is 0. The Morgan fingerprint density at radius 1 is 1.42 bits per heavy atom. The molecule has 1 unspecified atom stereocenters. The predicted octanol–water partition coefficient (Wildman–Crippen LogP) is 2.08. The topological polar surface area (TPSA) is 59.9 Å². The summed E-state index contributed by atoms with van der Waals surface area (Å²) >= 11 is 0. The van der Waals surface area contributed by atoms with E-state index in [-0.39, 0.29) is 11.8 Å². The molecule has 2 rings (SSSR count). The third-order valence-electron chi connectivity index (χ3n) is 3.69. The number of phenols is 1. The molecule has 0 spiro atoms. The van der Waals surface area contributed by atoms with Crippen molar-refractivity contribution < 1.29 is 18.3 Å². The van der Waals surface area contributed by atoms with Gasteiger partial charge in [0.25, 0.3) is 0 Å². The monoisotopic (exact) mass is 344 g/mol. The van der Waals surface area contributed by atoms with Crippen LogP contribution in [0.1, 0.15) is 18.9 Å². The number of hydrogen-bond donors (Lipinski definition) is 3. The van der Waals surface area contributed by atoms with Gasteiger partial charge in [-0.25, -0.2) is 4.99 Å². The molecular formula is C16H23F3N4O. The van der Waals surface area contributed by atoms with Crippen LogP contribution in [0.2, 0.25) is 0 Å². The number of nitrogens with zero attached hydrogens (tertiary/aromatic N) is 2. The number of aromatic hydroxyl groups is 1. The van der Waals surface area contributed by atoms with E-state index in [0.29, 0.717) is 38.6 Å². The molecule has 0 radical (unpaired) electrons. The van der Waals surface area contributed by atoms with Gasteiger partial charge in [-0.05, 0) is 31.0 Å². The molecule has 134 valence electrons. The van der Waals surface area contributed by atoms with Crippen LogP contribution < -0.4 is 10.6 Å². The zero-order valence-electron chi connectivity index (χ0n) is 13.6. The maximum Gasteiger partial charge on any atom is 0.401 e. The summed E-state index contributed by atoms with van der Waals surface area (Å²) in [6.45, 7) is 2.85. The standard InChI is InChI=1S/C16H23F3N4O/c1-2-20-15(21-9-12-4-3-5-14(24)8-12)22-13-6-7-23(10-13)11-16(17,18)19/h3-5,8,13,24H,2,6-7,9-11H2,1H3,(H2,20,21,22). The zero-order chi connectivity index (χ0) is 17.6. The van der Waals surface area contributed by atoms with E-state index < -0.39 is 12.7 Å². The molecule has 1 aromatic carbocycles. The number of halogens is 3. The second-order valence-corrected chi connectivity index (χ2v) is 5.85. The lowest BCUT2D eigenvalue weighted by molar-refractivity contribution is -0.143. The van der Waals surface area contributed by atoms with Gasteiger partial charge in [0.15, 0.2) is 5.96 Å². The van der Waals surface area contributed by atoms with Crippen molar-refractivity contribution in [1.29, 1.82) is 0 Å². The molecule has 1 aromatic rings. The number of phenolic OH excluding ortho intramolecular Hbond substituents is 1. The minimum atomic E-state index is -4.16. The number of likely N-dealkylation sites (tertiary alicyclic amines) is 1. The van der Waals surface area contributed by atoms with Gasteiger partial charge in [-0.1, -0.05) is 12.1 Å². The van der Waals surface area contributed by atoms with E-state index in [1.807, 2.05) is 13.0 Å². The smallest absolute Gasteiger partial charge is 0.401 e. The van der Waals surface area contributed by atoms with Crippen LogP contribution >= 0.6 is 0 Å². The van der Waals surface area contributed by atoms with E-state index in [0.717, 1.165) is 5.56 Å². The number of aliphatic imine (C=N–C) groups is 1. The van der Waals surface area contributed by atoms with Crippen molar-refractivity contribution in [3.63, 3.8) is 0 Å². The maximum absolute atomic E-state index is 12.4. The van der Waals surface area contributed by atoms with Crippen molar-refractivity contribution in [2.45, 2.75) is 32.1 Å². The summed E-state index contributed by atoms with van der Waals surface area (Å²) in [5.41, 5.74) is 0.859. The van der Waals surface area contributed by atoms with Gasteiger partial charge in [-0.3, -0.25) is 4.90 Å². The molecule has 1 atom stereocenters. The molecule has 1 heterocycles. The number of benzene rings is 1. The SMILES string of the molecule is CCNC(=NCc1cccc(O)c1)NC1CCN(CC(F)(F)F)C1. The van der Waals surface area contributed by atoms with E-state index in [1.54, 1.807) is 18.2 Å². The second-order valence-electron chi connectivity index (χ2n) is 5.85. The number of hydrogen-bond acceptors (Lipinski definition) is 3. The van der Waals surface area contributed by atoms with E-state index in [2.05, 4.69) is 15.6 Å². The lowest BCUT2D eigenvalue weighted by Gasteiger charge is -2.19. The average molecular weight is 344 g/mol. The van der Waals surface area contributed by atoms with Crippen LogP contribution in [0, 0.1) is 0 Å². The van der Waals surface area contributed by atoms with Gasteiger partial charge >= 0.3 is 6.18 Å². The Morgan fingerprint density at radius 3 is 2.88 bits per heavy atom. The Hall–Kier alpha value is -1.96. The number of nitrogens with one attached hydrogen (secondary N) is 2. The molecular weight excluding hydrogens is 321 g/mol. The summed E-state index contributed by atoms with van der Waals surface area (Å²) in [5, 5.41) is 15.7. The predicted molar refractivity (Wildman–Crippen MR) is 87.0 cm³/mol. The van der Waals surface area contributed by atoms with Crippen LogP contribution in [-0.2, 0) is 6.54 Å². The molecule has 0 amide bonds. The van der Waals surface area contributed by atoms with Crippen LogP contribution in [0.25, 0.3) is 0 Å². The number of rotatable bonds is 5. The highest BCUT2D eigenvalue weighted by Crippen LogP contribution is 2.20. The molecule has 8 heteroatoms. The summed E-state index contributed by atoms with van der Waals surface area (Å²) in [5.74, 6) is 0.749. The van der Waals surface area contributed by atoms with Gasteiger partial charge in [0.1, 0.15) is 5.75 Å². The zero-order valence-corrected chi connectivity index (χ0v) is 13.6. The highest BCUT2D eigenvalue weighted by molar-refractivity contribution is 5.80. The van der Waals surface area contributed by atoms with E-state index in [4.69, 9.17) is 0 Å². The van der Waals surface area contributed by atoms with Gasteiger partial charge in [-0.2, -0.15) is 13.2 Å². The summed E-state index contributed by atoms with van der Waals surface area (Å²) in [6.07, 6.45) is -3.52. The normalized spacial score (nSPS) is 19.5. The first-order valence-electron chi connectivity index (χ1n) is 7.97. The fraction of sp³-hybridized carbons (Fsp3) is 0.562. The second kappa shape index (κ2) is 8.23. The Morgan fingerprint density at radius 2 is 2.21 bits per heavy atom. The van der Waals surface area contributed by atoms with Gasteiger partial charge in [0, 0.05) is 25.7 Å². The van der Waals surface area contributed by atoms with E-state index in [1.165, 1.54) is 4.90 Å². The van der Waals surface area contributed by atoms with Crippen LogP contribution in [0.3, 0.4) is 0 Å². The minimum Gasteiger partial charge on any atom is -0.508 e. The molecule has 3 N–H and O–H groups in total. The summed E-state index contributed by atoms with van der Waals surface area (Å²) in [4.78, 5) is 5.83. The van der Waals surface area contributed by atoms with Crippen molar-refractivity contribution in [3.05, 3.63) is 29.8 Å². The maximum atomic E-state index is 12.4. The van der Waals surface area contributed by atoms with Crippen LogP contribution in [0.4, 0.5) is 13.2 Å². The lowest BCUT2D eigenvalue weighted by Crippen LogP contribution is -2.45. The fourth-order valence-electron chi connectivity index (χ4n) is 2.69. The number of alkyl halides is 3. The molecule has 1 fully saturated rings. The Balaban J connectivity index is 1.90. The largest absolute Gasteiger partial charge is 0.508 e. The van der Waals surface area contributed by atoms with Gasteiger partial charge in [0.05, 0.1) is 13.1 Å². The summed E-state index contributed by atoms with van der Waals surface area (Å²) < 4.78 is 37.3. The molecule has 0 saturated carbocycles. The number of guanidine groups is 1. The molecule has 1 aliphatic rings. The fourth-order valence-corrected chi connectivity index (χ4v) is 2.69. The minimum absolute atomic E-state index is 0.0608. The molecule has 0 aliphatic carbocycles. The van der Waals surface area contributed by atoms with E-state index in [9.17, 15) is 18.3 Å². The highest BCUT2D eigenvalue weighted by Gasteiger charge is 2.34. The first-order valence-corrected chi connectivity index (χ1v) is 7.97. The lowest BCUT2D eigenvalue weighted by atomic mass is 10.2. The first-order chi connectivity index (χ1) is 11.4. The summed E-state index contributed by atoms with van der Waals surface area (Å²) in [6, 6.07) is 6.76. The highest BCUT2D eigenvalue weighted by atomic mass is 19.4.